The third-order valence-electron chi connectivity index (χ3n) is 6.59. The maximum absolute atomic E-state index is 13.3. The molecule has 0 radical (unpaired) electrons. The summed E-state index contributed by atoms with van der Waals surface area (Å²) < 4.78 is 30.3. The zero-order chi connectivity index (χ0) is 21.3. The Bertz CT molecular complexity index is 1010. The lowest BCUT2D eigenvalue weighted by Gasteiger charge is -2.38. The number of aryl methyl sites for hydroxylation is 1. The molecule has 4 rings (SSSR count). The molecule has 30 heavy (non-hydrogen) atoms. The van der Waals surface area contributed by atoms with E-state index in [0.717, 1.165) is 63.0 Å². The molecule has 1 amide bonds. The number of aromatic nitrogens is 1. The minimum absolute atomic E-state index is 0.112. The summed E-state index contributed by atoms with van der Waals surface area (Å²) in [4.78, 5) is 17.6. The van der Waals surface area contributed by atoms with E-state index in [-0.39, 0.29) is 18.4 Å². The van der Waals surface area contributed by atoms with Gasteiger partial charge in [-0.15, -0.1) is 0 Å². The fraction of sp³-hybridized carbons (Fsp3) is 0.591. The zero-order valence-electron chi connectivity index (χ0n) is 18.0. The predicted molar refractivity (Wildman–Crippen MR) is 118 cm³/mol. The summed E-state index contributed by atoms with van der Waals surface area (Å²) in [6, 6.07) is 7.29. The van der Waals surface area contributed by atoms with Gasteiger partial charge in [-0.05, 0) is 50.6 Å². The van der Waals surface area contributed by atoms with Crippen molar-refractivity contribution in [1.82, 2.24) is 18.7 Å². The molecule has 1 atom stereocenters. The molecule has 7 nitrogen and oxygen atoms in total. The van der Waals surface area contributed by atoms with Crippen LogP contribution in [0.15, 0.2) is 35.4 Å². The van der Waals surface area contributed by atoms with Gasteiger partial charge in [0.2, 0.25) is 15.9 Å². The molecular formula is C22H32N4O3S. The molecule has 2 aliphatic heterocycles. The van der Waals surface area contributed by atoms with Gasteiger partial charge in [0.05, 0.1) is 10.8 Å². The number of sulfonamides is 1. The molecular weight excluding hydrogens is 400 g/mol. The highest BCUT2D eigenvalue weighted by Crippen LogP contribution is 2.27. The molecule has 2 aromatic rings. The summed E-state index contributed by atoms with van der Waals surface area (Å²) in [5, 5.41) is 0.927. The lowest BCUT2D eigenvalue weighted by atomic mass is 9.98. The largest absolute Gasteiger partial charge is 0.348 e. The number of carbonyl (C=O) groups is 1. The van der Waals surface area contributed by atoms with Crippen LogP contribution in [0.3, 0.4) is 0 Å². The standard InChI is InChI=1S/C22H32N4O3S/c1-3-23-12-14-25(15-13-23)22(27)19-6-5-10-26(17-19)30(28,29)20-7-8-21-18(16-20)9-11-24(21)4-2/h7-9,11,16,19H,3-6,10,12-15,17H2,1-2H3. The van der Waals surface area contributed by atoms with E-state index < -0.39 is 10.0 Å². The summed E-state index contributed by atoms with van der Waals surface area (Å²) in [5.41, 5.74) is 1.04. The normalized spacial score (nSPS) is 21.9. The Morgan fingerprint density at radius 1 is 1.03 bits per heavy atom. The SMILES string of the molecule is CCN1CCN(C(=O)C2CCCN(S(=O)(=O)c3ccc4c(ccn4CC)c3)C2)CC1. The van der Waals surface area contributed by atoms with Crippen molar-refractivity contribution in [3.8, 4) is 0 Å². The third kappa shape index (κ3) is 4.00. The lowest BCUT2D eigenvalue weighted by molar-refractivity contribution is -0.138. The molecule has 0 aliphatic carbocycles. The molecule has 1 aromatic carbocycles. The summed E-state index contributed by atoms with van der Waals surface area (Å²) in [6.45, 7) is 10.1. The van der Waals surface area contributed by atoms with Crippen LogP contribution in [-0.4, -0.2) is 78.8 Å². The highest BCUT2D eigenvalue weighted by molar-refractivity contribution is 7.89. The van der Waals surface area contributed by atoms with Crippen molar-refractivity contribution in [2.24, 2.45) is 5.92 Å². The number of carbonyl (C=O) groups excluding carboxylic acids is 1. The van der Waals surface area contributed by atoms with Crippen LogP contribution in [0.25, 0.3) is 10.9 Å². The van der Waals surface area contributed by atoms with E-state index in [1.165, 1.54) is 4.31 Å². The van der Waals surface area contributed by atoms with Crippen LogP contribution in [0, 0.1) is 5.92 Å². The van der Waals surface area contributed by atoms with Crippen molar-refractivity contribution in [1.29, 1.82) is 0 Å². The second-order valence-electron chi connectivity index (χ2n) is 8.28. The first-order chi connectivity index (χ1) is 14.4. The molecule has 3 heterocycles. The number of rotatable bonds is 5. The molecule has 164 valence electrons. The van der Waals surface area contributed by atoms with Gasteiger partial charge in [0.25, 0.3) is 0 Å². The zero-order valence-corrected chi connectivity index (χ0v) is 18.8. The monoisotopic (exact) mass is 432 g/mol. The van der Waals surface area contributed by atoms with Gasteiger partial charge in [0, 0.05) is 62.9 Å². The fourth-order valence-corrected chi connectivity index (χ4v) is 6.23. The summed E-state index contributed by atoms with van der Waals surface area (Å²) in [7, 11) is -3.62. The molecule has 0 bridgehead atoms. The van der Waals surface area contributed by atoms with E-state index >= 15 is 0 Å². The maximum atomic E-state index is 13.3. The van der Waals surface area contributed by atoms with Gasteiger partial charge < -0.3 is 14.4 Å². The van der Waals surface area contributed by atoms with Crippen LogP contribution >= 0.6 is 0 Å². The predicted octanol–water partition coefficient (Wildman–Crippen LogP) is 2.23. The first-order valence-corrected chi connectivity index (χ1v) is 12.5. The van der Waals surface area contributed by atoms with Gasteiger partial charge in [-0.3, -0.25) is 4.79 Å². The molecule has 1 aromatic heterocycles. The Hall–Kier alpha value is -1.90. The second-order valence-corrected chi connectivity index (χ2v) is 10.2. The van der Waals surface area contributed by atoms with Crippen LogP contribution in [0.1, 0.15) is 26.7 Å². The Morgan fingerprint density at radius 3 is 2.50 bits per heavy atom. The Morgan fingerprint density at radius 2 is 1.80 bits per heavy atom. The summed E-state index contributed by atoms with van der Waals surface area (Å²) >= 11 is 0. The minimum atomic E-state index is -3.62. The number of piperidine rings is 1. The van der Waals surface area contributed by atoms with Crippen LogP contribution < -0.4 is 0 Å². The van der Waals surface area contributed by atoms with Crippen LogP contribution in [0.4, 0.5) is 0 Å². The van der Waals surface area contributed by atoms with E-state index in [1.807, 2.05) is 23.2 Å². The van der Waals surface area contributed by atoms with Gasteiger partial charge in [-0.1, -0.05) is 6.92 Å². The van der Waals surface area contributed by atoms with Crippen LogP contribution in [0.2, 0.25) is 0 Å². The Kier molecular flexibility index (Phi) is 6.18. The second kappa shape index (κ2) is 8.69. The van der Waals surface area contributed by atoms with E-state index in [9.17, 15) is 13.2 Å². The maximum Gasteiger partial charge on any atom is 0.243 e. The topological polar surface area (TPSA) is 65.9 Å². The number of fused-ring (bicyclic) bond motifs is 1. The average molecular weight is 433 g/mol. The number of likely N-dealkylation sites (N-methyl/N-ethyl adjacent to an activating group) is 1. The van der Waals surface area contributed by atoms with Crippen LogP contribution in [-0.2, 0) is 21.4 Å². The van der Waals surface area contributed by atoms with Crippen molar-refractivity contribution in [3.05, 3.63) is 30.5 Å². The highest BCUT2D eigenvalue weighted by Gasteiger charge is 2.35. The van der Waals surface area contributed by atoms with E-state index in [0.29, 0.717) is 11.4 Å². The van der Waals surface area contributed by atoms with Gasteiger partial charge in [-0.25, -0.2) is 8.42 Å². The molecule has 0 N–H and O–H groups in total. The quantitative estimate of drug-likeness (QED) is 0.727. The van der Waals surface area contributed by atoms with E-state index in [4.69, 9.17) is 0 Å². The van der Waals surface area contributed by atoms with Crippen molar-refractivity contribution in [3.63, 3.8) is 0 Å². The average Bonchev–Trinajstić information content (AvgIpc) is 3.21. The highest BCUT2D eigenvalue weighted by atomic mass is 32.2. The van der Waals surface area contributed by atoms with Gasteiger partial charge >= 0.3 is 0 Å². The molecule has 0 spiro atoms. The minimum Gasteiger partial charge on any atom is -0.348 e. The first kappa shape index (κ1) is 21.3. The number of benzene rings is 1. The van der Waals surface area contributed by atoms with E-state index in [1.54, 1.807) is 12.1 Å². The third-order valence-corrected chi connectivity index (χ3v) is 8.45. The summed E-state index contributed by atoms with van der Waals surface area (Å²) in [6.07, 6.45) is 3.46. The number of nitrogens with zero attached hydrogens (tertiary/aromatic N) is 4. The van der Waals surface area contributed by atoms with Crippen molar-refractivity contribution >= 4 is 26.8 Å². The lowest BCUT2D eigenvalue weighted by Crippen LogP contribution is -2.52. The van der Waals surface area contributed by atoms with Gasteiger partial charge in [0.15, 0.2) is 0 Å². The molecule has 0 saturated carbocycles. The number of hydrogen-bond donors (Lipinski definition) is 0. The molecule has 8 heteroatoms. The number of piperazine rings is 1. The Labute approximate surface area is 179 Å². The molecule has 1 unspecified atom stereocenters. The smallest absolute Gasteiger partial charge is 0.243 e. The van der Waals surface area contributed by atoms with Crippen molar-refractivity contribution in [2.75, 3.05) is 45.8 Å². The Balaban J connectivity index is 1.49. The number of hydrogen-bond acceptors (Lipinski definition) is 4. The van der Waals surface area contributed by atoms with Crippen LogP contribution in [0.5, 0.6) is 0 Å². The molecule has 2 saturated heterocycles. The molecule has 2 aliphatic rings. The number of amides is 1. The molecule has 2 fully saturated rings. The van der Waals surface area contributed by atoms with Crippen molar-refractivity contribution in [2.45, 2.75) is 38.1 Å². The fourth-order valence-electron chi connectivity index (χ4n) is 4.67. The van der Waals surface area contributed by atoms with E-state index in [2.05, 4.69) is 23.3 Å². The van der Waals surface area contributed by atoms with Crippen molar-refractivity contribution < 1.29 is 13.2 Å². The first-order valence-electron chi connectivity index (χ1n) is 11.0. The van der Waals surface area contributed by atoms with Gasteiger partial charge in [0.1, 0.15) is 0 Å². The van der Waals surface area contributed by atoms with Gasteiger partial charge in [-0.2, -0.15) is 4.31 Å². The summed E-state index contributed by atoms with van der Waals surface area (Å²) in [5.74, 6) is -0.132.